The molecule has 3 amide bonds. The van der Waals surface area contributed by atoms with Crippen LogP contribution in [0.1, 0.15) is 15.9 Å². The fraction of sp³-hybridized carbons (Fsp3) is 0.130. The molecule has 3 rings (SSSR count). The maximum atomic E-state index is 12.8. The second-order valence-corrected chi connectivity index (χ2v) is 6.80. The van der Waals surface area contributed by atoms with E-state index in [4.69, 9.17) is 0 Å². The number of nitrogens with one attached hydrogen (secondary N) is 2. The quantitative estimate of drug-likeness (QED) is 0.439. The van der Waals surface area contributed by atoms with E-state index in [9.17, 15) is 19.7 Å². The van der Waals surface area contributed by atoms with Crippen LogP contribution in [0, 0.1) is 17.0 Å². The molecule has 0 fully saturated rings. The van der Waals surface area contributed by atoms with Crippen LogP contribution in [0.2, 0.25) is 0 Å². The van der Waals surface area contributed by atoms with E-state index >= 15 is 0 Å². The highest BCUT2D eigenvalue weighted by molar-refractivity contribution is 6.02. The van der Waals surface area contributed by atoms with Crippen molar-refractivity contribution in [3.8, 4) is 0 Å². The predicted molar refractivity (Wildman–Crippen MR) is 119 cm³/mol. The number of carbonyl (C=O) groups excluding carboxylic acids is 2. The zero-order valence-electron chi connectivity index (χ0n) is 16.9. The lowest BCUT2D eigenvalue weighted by Crippen LogP contribution is -2.41. The molecular weight excluding hydrogens is 396 g/mol. The molecule has 0 spiro atoms. The van der Waals surface area contributed by atoms with Gasteiger partial charge in [0.05, 0.1) is 4.92 Å². The lowest BCUT2D eigenvalue weighted by atomic mass is 10.1. The Morgan fingerprint density at radius 3 is 2.26 bits per heavy atom. The van der Waals surface area contributed by atoms with Gasteiger partial charge >= 0.3 is 6.03 Å². The summed E-state index contributed by atoms with van der Waals surface area (Å²) in [5.41, 5.74) is 1.90. The Labute approximate surface area is 179 Å². The van der Waals surface area contributed by atoms with E-state index in [0.717, 1.165) is 0 Å². The van der Waals surface area contributed by atoms with E-state index in [0.29, 0.717) is 16.9 Å². The van der Waals surface area contributed by atoms with Crippen molar-refractivity contribution < 1.29 is 14.5 Å². The summed E-state index contributed by atoms with van der Waals surface area (Å²) >= 11 is 0. The summed E-state index contributed by atoms with van der Waals surface area (Å²) in [6.07, 6.45) is 0. The molecule has 3 aromatic rings. The Hall–Kier alpha value is -4.20. The molecule has 0 aliphatic rings. The molecule has 3 aromatic carbocycles. The first-order chi connectivity index (χ1) is 15.0. The number of amides is 3. The zero-order chi connectivity index (χ0) is 22.2. The third-order valence-electron chi connectivity index (χ3n) is 4.63. The summed E-state index contributed by atoms with van der Waals surface area (Å²) in [5, 5.41) is 16.7. The molecule has 0 aliphatic carbocycles. The molecule has 0 aliphatic heterocycles. The Balaban J connectivity index is 1.68. The number of benzene rings is 3. The molecule has 0 bridgehead atoms. The van der Waals surface area contributed by atoms with Crippen LogP contribution in [-0.4, -0.2) is 30.0 Å². The number of para-hydroxylation sites is 2. The molecule has 0 saturated heterocycles. The number of hydrogen-bond donors (Lipinski definition) is 2. The third-order valence-corrected chi connectivity index (χ3v) is 4.63. The summed E-state index contributed by atoms with van der Waals surface area (Å²) in [6, 6.07) is 22.2. The van der Waals surface area contributed by atoms with Gasteiger partial charge in [0.1, 0.15) is 0 Å². The van der Waals surface area contributed by atoms with Gasteiger partial charge < -0.3 is 10.6 Å². The van der Waals surface area contributed by atoms with Crippen molar-refractivity contribution >= 4 is 29.0 Å². The van der Waals surface area contributed by atoms with Crippen LogP contribution >= 0.6 is 0 Å². The normalized spacial score (nSPS) is 10.2. The average Bonchev–Trinajstić information content (AvgIpc) is 2.78. The van der Waals surface area contributed by atoms with Crippen LogP contribution in [0.3, 0.4) is 0 Å². The van der Waals surface area contributed by atoms with Gasteiger partial charge in [0.2, 0.25) is 0 Å². The number of nitro groups is 1. The minimum absolute atomic E-state index is 0.110. The van der Waals surface area contributed by atoms with Crippen LogP contribution in [0.25, 0.3) is 0 Å². The molecule has 158 valence electrons. The fourth-order valence-corrected chi connectivity index (χ4v) is 3.00. The molecule has 2 N–H and O–H groups in total. The van der Waals surface area contributed by atoms with E-state index in [1.54, 1.807) is 31.2 Å². The first-order valence-corrected chi connectivity index (χ1v) is 9.67. The highest BCUT2D eigenvalue weighted by atomic mass is 16.6. The maximum absolute atomic E-state index is 12.8. The highest BCUT2D eigenvalue weighted by Gasteiger charge is 2.18. The zero-order valence-corrected chi connectivity index (χ0v) is 16.9. The maximum Gasteiger partial charge on any atom is 0.326 e. The van der Waals surface area contributed by atoms with Gasteiger partial charge in [-0.3, -0.25) is 19.8 Å². The Morgan fingerprint density at radius 1 is 0.968 bits per heavy atom. The minimum atomic E-state index is -0.517. The van der Waals surface area contributed by atoms with Crippen LogP contribution in [0.4, 0.5) is 21.9 Å². The highest BCUT2D eigenvalue weighted by Crippen LogP contribution is 2.19. The van der Waals surface area contributed by atoms with Crippen LogP contribution < -0.4 is 15.5 Å². The molecule has 8 heteroatoms. The summed E-state index contributed by atoms with van der Waals surface area (Å²) < 4.78 is 0. The van der Waals surface area contributed by atoms with Crippen LogP contribution in [-0.2, 0) is 0 Å². The van der Waals surface area contributed by atoms with Gasteiger partial charge in [-0.1, -0.05) is 42.5 Å². The second kappa shape index (κ2) is 10.0. The fourth-order valence-electron chi connectivity index (χ4n) is 3.00. The Bertz CT molecular complexity index is 1070. The van der Waals surface area contributed by atoms with Crippen molar-refractivity contribution in [3.63, 3.8) is 0 Å². The van der Waals surface area contributed by atoms with Gasteiger partial charge in [-0.2, -0.15) is 0 Å². The van der Waals surface area contributed by atoms with Gasteiger partial charge in [0, 0.05) is 41.7 Å². The number of anilines is 2. The van der Waals surface area contributed by atoms with Gasteiger partial charge in [-0.25, -0.2) is 4.79 Å². The van der Waals surface area contributed by atoms with Gasteiger partial charge in [0.25, 0.3) is 11.6 Å². The van der Waals surface area contributed by atoms with Crippen molar-refractivity contribution in [2.45, 2.75) is 6.92 Å². The topological polar surface area (TPSA) is 105 Å². The number of hydrogen-bond acceptors (Lipinski definition) is 4. The Kier molecular flexibility index (Phi) is 6.95. The molecular formula is C23H22N4O4. The molecule has 31 heavy (non-hydrogen) atoms. The van der Waals surface area contributed by atoms with Crippen molar-refractivity contribution in [2.24, 2.45) is 0 Å². The molecule has 0 heterocycles. The second-order valence-electron chi connectivity index (χ2n) is 6.80. The number of carbonyl (C=O) groups is 2. The standard InChI is InChI=1S/C23H22N4O4/c1-17-12-13-18(16-21(17)27(30)31)22(28)24-14-15-26(20-10-6-3-7-11-20)23(29)25-19-8-4-2-5-9-19/h2-13,16H,14-15H2,1H3,(H,24,28)(H,25,29). The molecule has 8 nitrogen and oxygen atoms in total. The largest absolute Gasteiger partial charge is 0.350 e. The molecule has 0 radical (unpaired) electrons. The van der Waals surface area contributed by atoms with Gasteiger partial charge in [-0.15, -0.1) is 0 Å². The summed E-state index contributed by atoms with van der Waals surface area (Å²) in [7, 11) is 0. The lowest BCUT2D eigenvalue weighted by molar-refractivity contribution is -0.385. The van der Waals surface area contributed by atoms with Gasteiger partial charge in [-0.05, 0) is 37.3 Å². The smallest absolute Gasteiger partial charge is 0.326 e. The number of aryl methyl sites for hydroxylation is 1. The number of urea groups is 1. The Morgan fingerprint density at radius 2 is 1.61 bits per heavy atom. The third kappa shape index (κ3) is 5.66. The van der Waals surface area contributed by atoms with E-state index in [1.165, 1.54) is 23.1 Å². The molecule has 0 atom stereocenters. The SMILES string of the molecule is Cc1ccc(C(=O)NCCN(C(=O)Nc2ccccc2)c2ccccc2)cc1[N+](=O)[O-]. The van der Waals surface area contributed by atoms with E-state index < -0.39 is 10.8 Å². The molecule has 0 unspecified atom stereocenters. The first-order valence-electron chi connectivity index (χ1n) is 9.67. The van der Waals surface area contributed by atoms with Crippen LogP contribution in [0.15, 0.2) is 78.9 Å². The summed E-state index contributed by atoms with van der Waals surface area (Å²) in [4.78, 5) is 37.4. The lowest BCUT2D eigenvalue weighted by Gasteiger charge is -2.23. The molecule has 0 aromatic heterocycles. The predicted octanol–water partition coefficient (Wildman–Crippen LogP) is 4.37. The average molecular weight is 418 g/mol. The number of rotatable bonds is 7. The monoisotopic (exact) mass is 418 g/mol. The summed E-state index contributed by atoms with van der Waals surface area (Å²) in [6.45, 7) is 1.99. The minimum Gasteiger partial charge on any atom is -0.350 e. The first kappa shape index (κ1) is 21.5. The van der Waals surface area contributed by atoms with E-state index in [2.05, 4.69) is 10.6 Å². The van der Waals surface area contributed by atoms with Gasteiger partial charge in [0.15, 0.2) is 0 Å². The van der Waals surface area contributed by atoms with Crippen molar-refractivity contribution in [1.29, 1.82) is 0 Å². The van der Waals surface area contributed by atoms with E-state index in [1.807, 2.05) is 36.4 Å². The van der Waals surface area contributed by atoms with E-state index in [-0.39, 0.29) is 30.4 Å². The number of nitro benzene ring substituents is 1. The van der Waals surface area contributed by atoms with Crippen molar-refractivity contribution in [1.82, 2.24) is 5.32 Å². The number of nitrogens with zero attached hydrogens (tertiary/aromatic N) is 2. The summed E-state index contributed by atoms with van der Waals surface area (Å²) in [5.74, 6) is -0.445. The van der Waals surface area contributed by atoms with Crippen LogP contribution in [0.5, 0.6) is 0 Å². The molecule has 0 saturated carbocycles. The van der Waals surface area contributed by atoms with Crippen molar-refractivity contribution in [2.75, 3.05) is 23.3 Å². The van der Waals surface area contributed by atoms with Crippen molar-refractivity contribution in [3.05, 3.63) is 100 Å².